The maximum atomic E-state index is 4.19. The van der Waals surface area contributed by atoms with E-state index in [9.17, 15) is 0 Å². The number of aromatic nitrogens is 3. The zero-order chi connectivity index (χ0) is 13.8. The third-order valence-corrected chi connectivity index (χ3v) is 3.65. The Morgan fingerprint density at radius 3 is 2.56 bits per heavy atom. The van der Waals surface area contributed by atoms with E-state index in [2.05, 4.69) is 62.3 Å². The van der Waals surface area contributed by atoms with Crippen molar-refractivity contribution in [2.24, 2.45) is 0 Å². The van der Waals surface area contributed by atoms with Gasteiger partial charge in [0.1, 0.15) is 0 Å². The van der Waals surface area contributed by atoms with Gasteiger partial charge < -0.3 is 10.2 Å². The van der Waals surface area contributed by atoms with Gasteiger partial charge in [0.05, 0.1) is 17.9 Å². The monoisotopic (exact) mass is 253 g/mol. The van der Waals surface area contributed by atoms with Crippen LogP contribution in [0.25, 0.3) is 0 Å². The molecular weight excluding hydrogens is 226 g/mol. The van der Waals surface area contributed by atoms with Gasteiger partial charge in [-0.2, -0.15) is 0 Å². The lowest BCUT2D eigenvalue weighted by Crippen LogP contribution is -2.50. The van der Waals surface area contributed by atoms with Crippen molar-refractivity contribution in [1.29, 1.82) is 0 Å². The number of aryl methyl sites for hydroxylation is 1. The lowest BCUT2D eigenvalue weighted by molar-refractivity contribution is 0.133. The highest BCUT2D eigenvalue weighted by Crippen LogP contribution is 2.28. The lowest BCUT2D eigenvalue weighted by atomic mass is 9.90. The molecule has 0 aliphatic carbocycles. The van der Waals surface area contributed by atoms with Crippen LogP contribution in [-0.4, -0.2) is 46.1 Å². The average molecular weight is 253 g/mol. The van der Waals surface area contributed by atoms with E-state index in [1.165, 1.54) is 0 Å². The average Bonchev–Trinajstić information content (AvgIpc) is 2.74. The number of nitrogens with one attached hydrogen (secondary N) is 1. The van der Waals surface area contributed by atoms with Gasteiger partial charge in [-0.3, -0.25) is 0 Å². The molecular formula is C13H27N5. The van der Waals surface area contributed by atoms with Crippen LogP contribution in [0.4, 0.5) is 0 Å². The Labute approximate surface area is 111 Å². The molecule has 0 bridgehead atoms. The highest BCUT2D eigenvalue weighted by Gasteiger charge is 2.34. The molecule has 1 aromatic rings. The minimum absolute atomic E-state index is 0.00319. The van der Waals surface area contributed by atoms with E-state index in [0.29, 0.717) is 0 Å². The summed E-state index contributed by atoms with van der Waals surface area (Å²) < 4.78 is 2.01. The molecule has 0 spiro atoms. The molecule has 0 saturated heterocycles. The summed E-state index contributed by atoms with van der Waals surface area (Å²) >= 11 is 0. The van der Waals surface area contributed by atoms with E-state index in [1.807, 2.05) is 10.9 Å². The highest BCUT2D eigenvalue weighted by atomic mass is 15.4. The van der Waals surface area contributed by atoms with Crippen LogP contribution >= 0.6 is 0 Å². The number of hydrogen-bond acceptors (Lipinski definition) is 4. The van der Waals surface area contributed by atoms with Crippen molar-refractivity contribution in [2.75, 3.05) is 20.6 Å². The summed E-state index contributed by atoms with van der Waals surface area (Å²) in [5, 5.41) is 11.8. The van der Waals surface area contributed by atoms with Crippen molar-refractivity contribution >= 4 is 0 Å². The molecule has 1 heterocycles. The van der Waals surface area contributed by atoms with Crippen LogP contribution in [-0.2, 0) is 6.54 Å². The van der Waals surface area contributed by atoms with E-state index < -0.39 is 0 Å². The van der Waals surface area contributed by atoms with Crippen molar-refractivity contribution in [1.82, 2.24) is 25.2 Å². The predicted molar refractivity (Wildman–Crippen MR) is 74.5 cm³/mol. The summed E-state index contributed by atoms with van der Waals surface area (Å²) in [6, 6.07) is 0.221. The molecule has 0 radical (unpaired) electrons. The summed E-state index contributed by atoms with van der Waals surface area (Å²) in [7, 11) is 4.22. The van der Waals surface area contributed by atoms with Crippen molar-refractivity contribution in [3.8, 4) is 0 Å². The summed E-state index contributed by atoms with van der Waals surface area (Å²) in [5.74, 6) is 0. The zero-order valence-electron chi connectivity index (χ0n) is 12.6. The number of rotatable bonds is 7. The van der Waals surface area contributed by atoms with Crippen LogP contribution in [0.15, 0.2) is 6.20 Å². The van der Waals surface area contributed by atoms with Crippen LogP contribution in [0.5, 0.6) is 0 Å². The molecule has 5 heteroatoms. The maximum absolute atomic E-state index is 4.19. The largest absolute Gasteiger partial charge is 0.307 e. The quantitative estimate of drug-likeness (QED) is 0.803. The van der Waals surface area contributed by atoms with Gasteiger partial charge in [-0.1, -0.05) is 19.1 Å². The Morgan fingerprint density at radius 2 is 2.06 bits per heavy atom. The first-order valence-corrected chi connectivity index (χ1v) is 6.74. The molecule has 0 aromatic carbocycles. The van der Waals surface area contributed by atoms with Gasteiger partial charge in [0.25, 0.3) is 0 Å². The minimum Gasteiger partial charge on any atom is -0.307 e. The van der Waals surface area contributed by atoms with Gasteiger partial charge in [0.15, 0.2) is 0 Å². The Kier molecular flexibility index (Phi) is 5.28. The first-order chi connectivity index (χ1) is 8.45. The first kappa shape index (κ1) is 15.1. The molecule has 5 nitrogen and oxygen atoms in total. The predicted octanol–water partition coefficient (Wildman–Crippen LogP) is 1.68. The maximum Gasteiger partial charge on any atom is 0.0775 e. The minimum atomic E-state index is 0.00319. The van der Waals surface area contributed by atoms with Gasteiger partial charge in [0, 0.05) is 12.1 Å². The van der Waals surface area contributed by atoms with Crippen LogP contribution in [0.2, 0.25) is 0 Å². The number of likely N-dealkylation sites (N-methyl/N-ethyl adjacent to an activating group) is 2. The number of hydrogen-bond donors (Lipinski definition) is 1. The van der Waals surface area contributed by atoms with Gasteiger partial charge in [0.2, 0.25) is 0 Å². The summed E-state index contributed by atoms with van der Waals surface area (Å²) in [6.07, 6.45) is 2.95. The fourth-order valence-corrected chi connectivity index (χ4v) is 2.05. The normalized spacial score (nSPS) is 14.2. The van der Waals surface area contributed by atoms with Crippen molar-refractivity contribution in [3.05, 3.63) is 11.9 Å². The van der Waals surface area contributed by atoms with Gasteiger partial charge in [-0.05, 0) is 40.9 Å². The second-order valence-electron chi connectivity index (χ2n) is 5.42. The Bertz CT molecular complexity index is 356. The molecule has 1 aromatic heterocycles. The molecule has 1 atom stereocenters. The summed E-state index contributed by atoms with van der Waals surface area (Å²) in [5.41, 5.74) is 1.17. The smallest absolute Gasteiger partial charge is 0.0775 e. The van der Waals surface area contributed by atoms with E-state index in [1.54, 1.807) is 0 Å². The molecule has 1 N–H and O–H groups in total. The SMILES string of the molecule is CCCn1nncc1C(NCC)C(C)(C)N(C)C. The fourth-order valence-electron chi connectivity index (χ4n) is 2.05. The van der Waals surface area contributed by atoms with Crippen molar-refractivity contribution in [2.45, 2.75) is 52.2 Å². The fraction of sp³-hybridized carbons (Fsp3) is 0.846. The van der Waals surface area contributed by atoms with Gasteiger partial charge in [-0.25, -0.2) is 4.68 Å². The van der Waals surface area contributed by atoms with Crippen molar-refractivity contribution in [3.63, 3.8) is 0 Å². The van der Waals surface area contributed by atoms with Crippen LogP contribution < -0.4 is 5.32 Å². The zero-order valence-corrected chi connectivity index (χ0v) is 12.6. The molecule has 1 unspecified atom stereocenters. The van der Waals surface area contributed by atoms with E-state index in [4.69, 9.17) is 0 Å². The van der Waals surface area contributed by atoms with E-state index in [0.717, 1.165) is 25.2 Å². The molecule has 0 aliphatic rings. The molecule has 0 amide bonds. The molecule has 0 saturated carbocycles. The van der Waals surface area contributed by atoms with E-state index >= 15 is 0 Å². The topological polar surface area (TPSA) is 46.0 Å². The highest BCUT2D eigenvalue weighted by molar-refractivity contribution is 5.10. The Balaban J connectivity index is 3.07. The molecule has 18 heavy (non-hydrogen) atoms. The standard InChI is InChI=1S/C13H27N5/c1-7-9-18-11(10-15-16-18)12(14-8-2)13(3,4)17(5)6/h10,12,14H,7-9H2,1-6H3. The third-order valence-electron chi connectivity index (χ3n) is 3.65. The van der Waals surface area contributed by atoms with Crippen LogP contribution in [0, 0.1) is 0 Å². The van der Waals surface area contributed by atoms with Crippen molar-refractivity contribution < 1.29 is 0 Å². The van der Waals surface area contributed by atoms with E-state index in [-0.39, 0.29) is 11.6 Å². The second-order valence-corrected chi connectivity index (χ2v) is 5.42. The Morgan fingerprint density at radius 1 is 1.39 bits per heavy atom. The summed E-state index contributed by atoms with van der Waals surface area (Å²) in [6.45, 7) is 10.6. The van der Waals surface area contributed by atoms with Crippen LogP contribution in [0.3, 0.4) is 0 Å². The van der Waals surface area contributed by atoms with Crippen LogP contribution in [0.1, 0.15) is 45.9 Å². The molecule has 1 rings (SSSR count). The molecule has 0 aliphatic heterocycles. The second kappa shape index (κ2) is 6.29. The third kappa shape index (κ3) is 3.09. The van der Waals surface area contributed by atoms with Gasteiger partial charge >= 0.3 is 0 Å². The molecule has 0 fully saturated rings. The van der Waals surface area contributed by atoms with Gasteiger partial charge in [-0.15, -0.1) is 5.10 Å². The lowest BCUT2D eigenvalue weighted by Gasteiger charge is -2.40. The first-order valence-electron chi connectivity index (χ1n) is 6.74. The summed E-state index contributed by atoms with van der Waals surface area (Å²) in [4.78, 5) is 2.24. The Hall–Kier alpha value is -0.940. The molecule has 104 valence electrons. The number of nitrogens with zero attached hydrogens (tertiary/aromatic N) is 4.